The van der Waals surface area contributed by atoms with Crippen LogP contribution in [0.5, 0.6) is 5.75 Å². The number of hydrogen-bond donors (Lipinski definition) is 3. The van der Waals surface area contributed by atoms with Crippen molar-refractivity contribution in [3.63, 3.8) is 0 Å². The maximum Gasteiger partial charge on any atom is 0.340 e. The molecule has 3 fully saturated rings. The predicted octanol–water partition coefficient (Wildman–Crippen LogP) is 13.2. The molecule has 8 aliphatic rings. The predicted molar refractivity (Wildman–Crippen MR) is 333 cm³/mol. The lowest BCUT2D eigenvalue weighted by atomic mass is 9.54. The van der Waals surface area contributed by atoms with Crippen LogP contribution in [0, 0.1) is 35.5 Å². The average molecular weight is 1170 g/mol. The quantitative estimate of drug-likeness (QED) is 0.0518. The zero-order valence-corrected chi connectivity index (χ0v) is 50.2. The largest absolute Gasteiger partial charge is 0.481 e. The number of carbonyl (C=O) groups is 2. The van der Waals surface area contributed by atoms with Gasteiger partial charge in [0.25, 0.3) is 0 Å². The molecule has 11 heteroatoms. The van der Waals surface area contributed by atoms with E-state index in [2.05, 4.69) is 115 Å². The average Bonchev–Trinajstić information content (AvgIpc) is 1.64. The van der Waals surface area contributed by atoms with E-state index in [0.29, 0.717) is 59.4 Å². The van der Waals surface area contributed by atoms with Gasteiger partial charge in [0, 0.05) is 60.3 Å². The highest BCUT2D eigenvalue weighted by molar-refractivity contribution is 5.90. The molecule has 5 bridgehead atoms. The second-order valence-corrected chi connectivity index (χ2v) is 26.7. The molecule has 450 valence electrons. The Bertz CT molecular complexity index is 3850. The van der Waals surface area contributed by atoms with E-state index >= 15 is 9.59 Å². The Balaban J connectivity index is 0.944. The summed E-state index contributed by atoms with van der Waals surface area (Å²) in [7, 11) is 1.52. The molecule has 5 aromatic carbocycles. The summed E-state index contributed by atoms with van der Waals surface area (Å²) < 4.78 is 34.1. The van der Waals surface area contributed by atoms with Gasteiger partial charge < -0.3 is 38.7 Å². The number of rotatable bonds is 10. The van der Waals surface area contributed by atoms with Crippen molar-refractivity contribution < 1.29 is 48.3 Å². The number of aliphatic hydroxyl groups is 3. The SMILES string of the molecule is COC[C@@H](CCO)c1c(CO)c2ccc3c(c2oc1=O)[C@H]1OC(=O)C[C@H]2C[C@H](c4cccc([C@]56CCCC[C@@H]5CCc5ccccc56)c4)CC[C@@H]2c2ccc4cc2CC#CC[C@@]([C@@H]2C[C@@H]5C=Cc6ccccc6[C@@H]5C2)(O3)[C@H]1OC(=O)/C(=C(/C)CO)CC4. The van der Waals surface area contributed by atoms with Crippen molar-refractivity contribution in [2.45, 2.75) is 170 Å². The molecule has 3 aliphatic heterocycles. The number of aliphatic hydroxyl groups excluding tert-OH is 3. The number of aryl methyl sites for hydroxylation is 2. The first kappa shape index (κ1) is 57.7. The molecule has 5 aliphatic carbocycles. The molecule has 0 saturated heterocycles. The smallest absolute Gasteiger partial charge is 0.340 e. The fourth-order valence-corrected chi connectivity index (χ4v) is 18.2. The zero-order valence-electron chi connectivity index (χ0n) is 50.2. The lowest BCUT2D eigenvalue weighted by Crippen LogP contribution is -2.60. The fourth-order valence-electron chi connectivity index (χ4n) is 18.2. The van der Waals surface area contributed by atoms with Crippen molar-refractivity contribution >= 4 is 29.0 Å². The first-order valence-corrected chi connectivity index (χ1v) is 32.3. The van der Waals surface area contributed by atoms with Crippen molar-refractivity contribution in [1.29, 1.82) is 0 Å². The van der Waals surface area contributed by atoms with Gasteiger partial charge in [-0.1, -0.05) is 128 Å². The molecule has 0 amide bonds. The molecule has 4 heterocycles. The van der Waals surface area contributed by atoms with Crippen LogP contribution in [0.15, 0.2) is 130 Å². The van der Waals surface area contributed by atoms with Gasteiger partial charge in [0.15, 0.2) is 17.8 Å². The molecular formula is C76H80O11. The lowest BCUT2D eigenvalue weighted by Gasteiger charge is -2.50. The van der Waals surface area contributed by atoms with Crippen LogP contribution in [0.2, 0.25) is 0 Å². The van der Waals surface area contributed by atoms with E-state index in [9.17, 15) is 20.1 Å². The minimum Gasteiger partial charge on any atom is -0.481 e. The molecular weight excluding hydrogens is 1090 g/mol. The Hall–Kier alpha value is -7.07. The second kappa shape index (κ2) is 23.8. The van der Waals surface area contributed by atoms with Crippen LogP contribution < -0.4 is 10.4 Å². The number of carbonyl (C=O) groups excluding carboxylic acids is 2. The Labute approximate surface area is 510 Å². The van der Waals surface area contributed by atoms with Crippen LogP contribution in [0.1, 0.15) is 193 Å². The molecule has 0 radical (unpaired) electrons. The Kier molecular flexibility index (Phi) is 15.8. The van der Waals surface area contributed by atoms with Gasteiger partial charge in [-0.2, -0.15) is 0 Å². The number of allylic oxidation sites excluding steroid dienone is 1. The number of fused-ring (bicyclic) bond motifs is 15. The normalized spacial score (nSPS) is 29.8. The number of esters is 2. The van der Waals surface area contributed by atoms with Crippen LogP contribution >= 0.6 is 0 Å². The van der Waals surface area contributed by atoms with Crippen molar-refractivity contribution in [3.8, 4) is 17.6 Å². The summed E-state index contributed by atoms with van der Waals surface area (Å²) in [4.78, 5) is 46.4. The summed E-state index contributed by atoms with van der Waals surface area (Å²) in [6.45, 7) is 0.667. The first-order valence-electron chi connectivity index (χ1n) is 32.3. The van der Waals surface area contributed by atoms with Crippen LogP contribution in [0.3, 0.4) is 0 Å². The van der Waals surface area contributed by atoms with Crippen LogP contribution in [0.4, 0.5) is 0 Å². The maximum absolute atomic E-state index is 16.0. The molecule has 87 heavy (non-hydrogen) atoms. The van der Waals surface area contributed by atoms with Gasteiger partial charge in [0.1, 0.15) is 11.3 Å². The summed E-state index contributed by atoms with van der Waals surface area (Å²) in [5.74, 6) is 6.34. The van der Waals surface area contributed by atoms with Crippen molar-refractivity contribution in [2.75, 3.05) is 26.9 Å². The molecule has 12 atom stereocenters. The summed E-state index contributed by atoms with van der Waals surface area (Å²) in [6, 6.07) is 37.4. The highest BCUT2D eigenvalue weighted by Crippen LogP contribution is 2.60. The number of methoxy groups -OCH3 is 1. The topological polar surface area (TPSA) is 162 Å². The van der Waals surface area contributed by atoms with Gasteiger partial charge in [0.05, 0.1) is 31.8 Å². The first-order chi connectivity index (χ1) is 42.5. The zero-order chi connectivity index (χ0) is 59.6. The third-order valence-electron chi connectivity index (χ3n) is 22.3. The van der Waals surface area contributed by atoms with Gasteiger partial charge in [-0.15, -0.1) is 0 Å². The van der Waals surface area contributed by atoms with E-state index in [0.717, 1.165) is 48.8 Å². The van der Waals surface area contributed by atoms with Gasteiger partial charge in [-0.25, -0.2) is 9.59 Å². The Morgan fingerprint density at radius 2 is 1.67 bits per heavy atom. The standard InChI is InChI=1S/C76H80O11/c1-45(42-78)58-27-20-46-21-28-60-51(36-46)14-7-10-34-76(57-39-52-23-22-47-12-3-5-18-59(47)63(52)41-57)72(86-73(58)81)71(69-66(87-76)31-30-62-64(43-79)68(74(82)85-70(62)69)53(32-35-77)44-83-2)84-67(80)40-54-37-50(25-29-61(54)60)49-15-11-17-56(38-49)75-33-9-8-16-55(75)26-24-48-13-4-6-19-65(48)75/h3-6,11-13,15,17-19,21-23,28,30-31,36,38,50,52-55,57,61,63,71-72,77-79H,8-9,14,16,20,24-27,29,32-35,37,39-44H2,1-2H3/b58-45-/t50-,52+,53-,54-,55-,57-,61+,63-,71-,72+,75+,76+/m1/s1. The van der Waals surface area contributed by atoms with Gasteiger partial charge >= 0.3 is 17.6 Å². The molecule has 3 N–H and O–H groups in total. The summed E-state index contributed by atoms with van der Waals surface area (Å²) in [6.07, 6.45) is 14.3. The summed E-state index contributed by atoms with van der Waals surface area (Å²) in [5, 5.41) is 32.8. The molecule has 3 saturated carbocycles. The van der Waals surface area contributed by atoms with E-state index in [1.54, 1.807) is 19.1 Å². The van der Waals surface area contributed by atoms with Gasteiger partial charge in [-0.3, -0.25) is 4.79 Å². The van der Waals surface area contributed by atoms with E-state index in [1.165, 1.54) is 66.2 Å². The third kappa shape index (κ3) is 10.0. The third-order valence-corrected chi connectivity index (χ3v) is 22.3. The van der Waals surface area contributed by atoms with E-state index in [-0.39, 0.29) is 103 Å². The van der Waals surface area contributed by atoms with Gasteiger partial charge in [0.2, 0.25) is 0 Å². The molecule has 1 aromatic heterocycles. The molecule has 11 nitrogen and oxygen atoms in total. The van der Waals surface area contributed by atoms with Crippen LogP contribution in [0.25, 0.3) is 17.0 Å². The second-order valence-electron chi connectivity index (χ2n) is 26.7. The number of benzene rings is 5. The minimum absolute atomic E-state index is 0.00637. The van der Waals surface area contributed by atoms with Crippen molar-refractivity contribution in [3.05, 3.63) is 198 Å². The Morgan fingerprint density at radius 1 is 0.793 bits per heavy atom. The monoisotopic (exact) mass is 1170 g/mol. The van der Waals surface area contributed by atoms with E-state index < -0.39 is 47.9 Å². The molecule has 0 spiro atoms. The maximum atomic E-state index is 16.0. The summed E-state index contributed by atoms with van der Waals surface area (Å²) >= 11 is 0. The molecule has 0 unspecified atom stereocenters. The van der Waals surface area contributed by atoms with E-state index in [1.807, 2.05) is 0 Å². The van der Waals surface area contributed by atoms with E-state index in [4.69, 9.17) is 23.4 Å². The van der Waals surface area contributed by atoms with Crippen molar-refractivity contribution in [1.82, 2.24) is 0 Å². The summed E-state index contributed by atoms with van der Waals surface area (Å²) in [5.41, 5.74) is 10.7. The van der Waals surface area contributed by atoms with Gasteiger partial charge in [-0.05, 0) is 193 Å². The minimum atomic E-state index is -1.44. The Morgan fingerprint density at radius 3 is 2.53 bits per heavy atom. The number of hydrogen-bond acceptors (Lipinski definition) is 11. The van der Waals surface area contributed by atoms with Crippen molar-refractivity contribution in [2.24, 2.45) is 23.7 Å². The van der Waals surface area contributed by atoms with Crippen LogP contribution in [-0.2, 0) is 55.1 Å². The van der Waals surface area contributed by atoms with Crippen LogP contribution in [-0.4, -0.2) is 65.9 Å². The molecule has 14 rings (SSSR count). The fraction of sp³-hybridized carbons (Fsp3) is 0.461. The highest BCUT2D eigenvalue weighted by Gasteiger charge is 2.62. The number of ether oxygens (including phenoxy) is 4. The lowest BCUT2D eigenvalue weighted by molar-refractivity contribution is -0.202. The highest BCUT2D eigenvalue weighted by atomic mass is 16.6. The molecule has 6 aromatic rings.